The van der Waals surface area contributed by atoms with Crippen molar-refractivity contribution in [1.29, 1.82) is 0 Å². The van der Waals surface area contributed by atoms with Gasteiger partial charge in [0.05, 0.1) is 6.61 Å². The molecule has 3 heteroatoms. The summed E-state index contributed by atoms with van der Waals surface area (Å²) in [5.41, 5.74) is 0. The lowest BCUT2D eigenvalue weighted by Gasteiger charge is -2.09. The molecule has 0 spiro atoms. The van der Waals surface area contributed by atoms with Gasteiger partial charge in [-0.1, -0.05) is 13.8 Å². The normalized spacial score (nSPS) is 11.6. The fourth-order valence-electron chi connectivity index (χ4n) is 0.918. The lowest BCUT2D eigenvalue weighted by atomic mass is 10.3. The molecule has 14 heavy (non-hydrogen) atoms. The number of unbranched alkanes of at least 4 members (excludes halogenated alkanes) is 1. The molecule has 0 saturated heterocycles. The van der Waals surface area contributed by atoms with E-state index in [9.17, 15) is 4.79 Å². The number of ether oxygens (including phenoxy) is 1. The van der Waals surface area contributed by atoms with E-state index < -0.39 is 12.1 Å². The minimum Gasteiger partial charge on any atom is -0.479 e. The van der Waals surface area contributed by atoms with Crippen molar-refractivity contribution >= 4 is 5.97 Å². The van der Waals surface area contributed by atoms with Crippen molar-refractivity contribution in [3.63, 3.8) is 0 Å². The van der Waals surface area contributed by atoms with E-state index in [-0.39, 0.29) is 0 Å². The fourth-order valence-corrected chi connectivity index (χ4v) is 0.918. The molecule has 0 aromatic heterocycles. The molecule has 0 aliphatic rings. The first-order valence-electron chi connectivity index (χ1n) is 5.02. The molecule has 0 aliphatic heterocycles. The summed E-state index contributed by atoms with van der Waals surface area (Å²) in [6.45, 7) is 4.27. The van der Waals surface area contributed by atoms with Crippen molar-refractivity contribution in [2.24, 2.45) is 0 Å². The summed E-state index contributed by atoms with van der Waals surface area (Å²) < 4.78 is 5.13. The van der Waals surface area contributed by atoms with Crippen LogP contribution in [0.15, 0.2) is 0 Å². The van der Waals surface area contributed by atoms with Gasteiger partial charge in [0, 0.05) is 12.8 Å². The zero-order valence-corrected chi connectivity index (χ0v) is 8.88. The predicted octanol–water partition coefficient (Wildman–Crippen LogP) is 2.06. The van der Waals surface area contributed by atoms with Gasteiger partial charge in [-0.2, -0.15) is 0 Å². The summed E-state index contributed by atoms with van der Waals surface area (Å²) in [5.74, 6) is 5.02. The molecule has 1 N–H and O–H groups in total. The molecule has 0 aromatic carbocycles. The maximum absolute atomic E-state index is 10.5. The quantitative estimate of drug-likeness (QED) is 0.525. The SMILES string of the molecule is CCCC#CCCOC(CC)C(=O)O. The van der Waals surface area contributed by atoms with Crippen LogP contribution in [-0.4, -0.2) is 23.8 Å². The fraction of sp³-hybridized carbons (Fsp3) is 0.727. The highest BCUT2D eigenvalue weighted by Crippen LogP contribution is 1.98. The Morgan fingerprint density at radius 1 is 1.36 bits per heavy atom. The summed E-state index contributed by atoms with van der Waals surface area (Å²) in [5, 5.41) is 8.65. The molecule has 0 saturated carbocycles. The Hall–Kier alpha value is -1.01. The zero-order chi connectivity index (χ0) is 10.8. The van der Waals surface area contributed by atoms with Crippen LogP contribution >= 0.6 is 0 Å². The predicted molar refractivity (Wildman–Crippen MR) is 55.0 cm³/mol. The van der Waals surface area contributed by atoms with Gasteiger partial charge < -0.3 is 9.84 Å². The molecule has 0 radical (unpaired) electrons. The molecule has 0 fully saturated rings. The summed E-state index contributed by atoms with van der Waals surface area (Å²) in [6.07, 6.45) is 2.39. The van der Waals surface area contributed by atoms with Gasteiger partial charge in [-0.05, 0) is 12.8 Å². The Morgan fingerprint density at radius 3 is 2.50 bits per heavy atom. The van der Waals surface area contributed by atoms with Crippen LogP contribution in [0.25, 0.3) is 0 Å². The molecule has 0 aliphatic carbocycles. The third-order valence-corrected chi connectivity index (χ3v) is 1.69. The van der Waals surface area contributed by atoms with Gasteiger partial charge in [-0.25, -0.2) is 4.79 Å². The monoisotopic (exact) mass is 198 g/mol. The second-order valence-electron chi connectivity index (χ2n) is 2.96. The molecule has 0 aromatic rings. The number of rotatable bonds is 6. The van der Waals surface area contributed by atoms with Crippen LogP contribution < -0.4 is 0 Å². The van der Waals surface area contributed by atoms with Gasteiger partial charge >= 0.3 is 5.97 Å². The van der Waals surface area contributed by atoms with E-state index >= 15 is 0 Å². The third kappa shape index (κ3) is 6.50. The maximum atomic E-state index is 10.5. The van der Waals surface area contributed by atoms with Crippen molar-refractivity contribution < 1.29 is 14.6 Å². The Kier molecular flexibility index (Phi) is 7.96. The maximum Gasteiger partial charge on any atom is 0.332 e. The van der Waals surface area contributed by atoms with Crippen molar-refractivity contribution in [1.82, 2.24) is 0 Å². The van der Waals surface area contributed by atoms with E-state index in [2.05, 4.69) is 18.8 Å². The van der Waals surface area contributed by atoms with Crippen molar-refractivity contribution in [2.75, 3.05) is 6.61 Å². The molecule has 3 nitrogen and oxygen atoms in total. The van der Waals surface area contributed by atoms with Crippen LogP contribution in [0.1, 0.15) is 39.5 Å². The number of carboxylic acids is 1. The van der Waals surface area contributed by atoms with Gasteiger partial charge in [-0.3, -0.25) is 0 Å². The van der Waals surface area contributed by atoms with Crippen LogP contribution in [0.2, 0.25) is 0 Å². The number of carboxylic acid groups (broad SMARTS) is 1. The van der Waals surface area contributed by atoms with E-state index in [1.165, 1.54) is 0 Å². The highest BCUT2D eigenvalue weighted by molar-refractivity contribution is 5.72. The third-order valence-electron chi connectivity index (χ3n) is 1.69. The number of hydrogen-bond acceptors (Lipinski definition) is 2. The Bertz CT molecular complexity index is 212. The number of carbonyl (C=O) groups is 1. The van der Waals surface area contributed by atoms with Gasteiger partial charge in [0.1, 0.15) is 0 Å². The topological polar surface area (TPSA) is 46.5 Å². The van der Waals surface area contributed by atoms with Gasteiger partial charge in [0.2, 0.25) is 0 Å². The summed E-state index contributed by atoms with van der Waals surface area (Å²) in [6, 6.07) is 0. The van der Waals surface area contributed by atoms with Crippen molar-refractivity contribution in [3.8, 4) is 11.8 Å². The highest BCUT2D eigenvalue weighted by Gasteiger charge is 2.13. The van der Waals surface area contributed by atoms with E-state index in [4.69, 9.17) is 9.84 Å². The Balaban J connectivity index is 3.53. The first kappa shape index (κ1) is 13.0. The Labute approximate surface area is 85.5 Å². The molecule has 0 rings (SSSR count). The zero-order valence-electron chi connectivity index (χ0n) is 8.88. The molecule has 0 amide bonds. The smallest absolute Gasteiger partial charge is 0.332 e. The lowest BCUT2D eigenvalue weighted by Crippen LogP contribution is -2.23. The average molecular weight is 198 g/mol. The first-order chi connectivity index (χ1) is 6.72. The minimum absolute atomic E-state index is 0.404. The summed E-state index contributed by atoms with van der Waals surface area (Å²) >= 11 is 0. The van der Waals surface area contributed by atoms with Crippen LogP contribution in [-0.2, 0) is 9.53 Å². The average Bonchev–Trinajstić information content (AvgIpc) is 2.16. The van der Waals surface area contributed by atoms with E-state index in [0.29, 0.717) is 19.4 Å². The Morgan fingerprint density at radius 2 is 2.00 bits per heavy atom. The summed E-state index contributed by atoms with van der Waals surface area (Å²) in [7, 11) is 0. The lowest BCUT2D eigenvalue weighted by molar-refractivity contribution is -0.150. The molecule has 80 valence electrons. The van der Waals surface area contributed by atoms with E-state index in [0.717, 1.165) is 12.8 Å². The molecule has 0 bridgehead atoms. The highest BCUT2D eigenvalue weighted by atomic mass is 16.5. The van der Waals surface area contributed by atoms with Crippen molar-refractivity contribution in [3.05, 3.63) is 0 Å². The molecule has 1 unspecified atom stereocenters. The van der Waals surface area contributed by atoms with Crippen LogP contribution in [0, 0.1) is 11.8 Å². The van der Waals surface area contributed by atoms with Gasteiger partial charge in [-0.15, -0.1) is 11.8 Å². The second-order valence-corrected chi connectivity index (χ2v) is 2.96. The molecule has 0 heterocycles. The molecular weight excluding hydrogens is 180 g/mol. The standard InChI is InChI=1S/C11H18O3/c1-3-5-6-7-8-9-14-10(4-2)11(12)13/h10H,3-5,8-9H2,1-2H3,(H,12,13). The van der Waals surface area contributed by atoms with E-state index in [1.807, 2.05) is 0 Å². The van der Waals surface area contributed by atoms with Crippen LogP contribution in [0.4, 0.5) is 0 Å². The van der Waals surface area contributed by atoms with Gasteiger partial charge in [0.25, 0.3) is 0 Å². The van der Waals surface area contributed by atoms with Gasteiger partial charge in [0.15, 0.2) is 6.10 Å². The van der Waals surface area contributed by atoms with E-state index in [1.54, 1.807) is 6.92 Å². The number of hydrogen-bond donors (Lipinski definition) is 1. The number of aliphatic carboxylic acids is 1. The summed E-state index contributed by atoms with van der Waals surface area (Å²) in [4.78, 5) is 10.5. The van der Waals surface area contributed by atoms with Crippen molar-refractivity contribution in [2.45, 2.75) is 45.6 Å². The first-order valence-corrected chi connectivity index (χ1v) is 5.02. The minimum atomic E-state index is -0.894. The molecular formula is C11H18O3. The largest absolute Gasteiger partial charge is 0.479 e. The second kappa shape index (κ2) is 8.58. The molecule has 1 atom stereocenters. The van der Waals surface area contributed by atoms with Crippen LogP contribution in [0.3, 0.4) is 0 Å². The van der Waals surface area contributed by atoms with Crippen LogP contribution in [0.5, 0.6) is 0 Å².